The van der Waals surface area contributed by atoms with Gasteiger partial charge in [0.25, 0.3) is 5.69 Å². The van der Waals surface area contributed by atoms with Gasteiger partial charge in [0.05, 0.1) is 17.1 Å². The van der Waals surface area contributed by atoms with E-state index in [1.807, 2.05) is 0 Å². The van der Waals surface area contributed by atoms with Gasteiger partial charge in [-0.2, -0.15) is 0 Å². The third-order valence-electron chi connectivity index (χ3n) is 4.25. The summed E-state index contributed by atoms with van der Waals surface area (Å²) in [7, 11) is 0. The molecule has 22 heavy (non-hydrogen) atoms. The van der Waals surface area contributed by atoms with Crippen molar-refractivity contribution >= 4 is 17.7 Å². The van der Waals surface area contributed by atoms with Crippen molar-refractivity contribution in [2.24, 2.45) is 5.92 Å². The van der Waals surface area contributed by atoms with Crippen LogP contribution in [0.15, 0.2) is 30.3 Å². The highest BCUT2D eigenvalue weighted by Gasteiger charge is 2.53. The van der Waals surface area contributed by atoms with Crippen molar-refractivity contribution in [1.29, 1.82) is 0 Å². The van der Waals surface area contributed by atoms with Crippen LogP contribution in [0.3, 0.4) is 0 Å². The molecule has 1 aromatic rings. The Morgan fingerprint density at radius 3 is 2.82 bits per heavy atom. The molecule has 1 saturated heterocycles. The number of nitro benzene ring substituents is 1. The van der Waals surface area contributed by atoms with Gasteiger partial charge in [0, 0.05) is 24.7 Å². The zero-order chi connectivity index (χ0) is 15.6. The first-order valence-electron chi connectivity index (χ1n) is 7.33. The topological polar surface area (TPSA) is 78.7 Å². The standard InChI is InChI=1S/C16H17NO5/c18-15(22-16(8-9-16)13-7-10-21-11-13)6-5-12-3-1-2-4-14(12)17(19)20/h1-6,13H,7-11H2/b6-5+/t13-/m0/s1. The molecule has 1 saturated carbocycles. The number of ether oxygens (including phenoxy) is 2. The van der Waals surface area contributed by atoms with Gasteiger partial charge in [-0.05, 0) is 31.4 Å². The first-order valence-corrected chi connectivity index (χ1v) is 7.33. The van der Waals surface area contributed by atoms with E-state index in [4.69, 9.17) is 9.47 Å². The highest BCUT2D eigenvalue weighted by molar-refractivity contribution is 5.88. The number of hydrogen-bond acceptors (Lipinski definition) is 5. The second-order valence-electron chi connectivity index (χ2n) is 5.70. The molecule has 0 N–H and O–H groups in total. The molecule has 6 nitrogen and oxygen atoms in total. The molecule has 1 aliphatic heterocycles. The van der Waals surface area contributed by atoms with Crippen LogP contribution in [0.5, 0.6) is 0 Å². The van der Waals surface area contributed by atoms with Gasteiger partial charge in [-0.15, -0.1) is 0 Å². The van der Waals surface area contributed by atoms with Gasteiger partial charge in [-0.3, -0.25) is 10.1 Å². The molecule has 2 fully saturated rings. The van der Waals surface area contributed by atoms with Crippen LogP contribution >= 0.6 is 0 Å². The lowest BCUT2D eigenvalue weighted by Crippen LogP contribution is -2.28. The zero-order valence-electron chi connectivity index (χ0n) is 12.1. The maximum atomic E-state index is 12.0. The predicted octanol–water partition coefficient (Wildman–Crippen LogP) is 2.72. The van der Waals surface area contributed by atoms with Crippen LogP contribution in [0.1, 0.15) is 24.8 Å². The van der Waals surface area contributed by atoms with E-state index < -0.39 is 10.9 Å². The fourth-order valence-corrected chi connectivity index (χ4v) is 2.85. The summed E-state index contributed by atoms with van der Waals surface area (Å²) in [5, 5.41) is 10.9. The van der Waals surface area contributed by atoms with Crippen molar-refractivity contribution < 1.29 is 19.2 Å². The van der Waals surface area contributed by atoms with Crippen molar-refractivity contribution in [3.63, 3.8) is 0 Å². The lowest BCUT2D eigenvalue weighted by Gasteiger charge is -2.21. The Morgan fingerprint density at radius 1 is 1.41 bits per heavy atom. The number of nitro groups is 1. The lowest BCUT2D eigenvalue weighted by atomic mass is 9.99. The van der Waals surface area contributed by atoms with E-state index in [1.165, 1.54) is 18.2 Å². The molecule has 1 atom stereocenters. The molecule has 3 rings (SSSR count). The van der Waals surface area contributed by atoms with Crippen LogP contribution in [0, 0.1) is 16.0 Å². The molecule has 0 bridgehead atoms. The maximum absolute atomic E-state index is 12.0. The summed E-state index contributed by atoms with van der Waals surface area (Å²) in [6.45, 7) is 1.36. The van der Waals surface area contributed by atoms with E-state index in [0.29, 0.717) is 12.2 Å². The lowest BCUT2D eigenvalue weighted by molar-refractivity contribution is -0.385. The van der Waals surface area contributed by atoms with E-state index >= 15 is 0 Å². The molecule has 6 heteroatoms. The number of carbonyl (C=O) groups excluding carboxylic acids is 1. The number of para-hydroxylation sites is 1. The molecule has 1 aromatic carbocycles. The molecule has 1 heterocycles. The van der Waals surface area contributed by atoms with Gasteiger partial charge in [0.2, 0.25) is 0 Å². The second kappa shape index (κ2) is 5.88. The van der Waals surface area contributed by atoms with Crippen LogP contribution in [0.4, 0.5) is 5.69 Å². The van der Waals surface area contributed by atoms with Crippen LogP contribution < -0.4 is 0 Å². The third kappa shape index (κ3) is 3.01. The van der Waals surface area contributed by atoms with E-state index in [-0.39, 0.29) is 17.2 Å². The first-order chi connectivity index (χ1) is 10.6. The molecule has 2 aliphatic rings. The van der Waals surface area contributed by atoms with Gasteiger partial charge in [0.15, 0.2) is 0 Å². The first kappa shape index (κ1) is 14.7. The SMILES string of the molecule is O=C(/C=C/c1ccccc1[N+](=O)[O-])OC1([C@H]2CCOC2)CC1. The summed E-state index contributed by atoms with van der Waals surface area (Å²) in [6, 6.07) is 6.28. The van der Waals surface area contributed by atoms with Crippen LogP contribution in [-0.4, -0.2) is 29.7 Å². The van der Waals surface area contributed by atoms with Crippen molar-refractivity contribution in [3.05, 3.63) is 46.0 Å². The Kier molecular flexibility index (Phi) is 3.94. The van der Waals surface area contributed by atoms with Gasteiger partial charge >= 0.3 is 5.97 Å². The van der Waals surface area contributed by atoms with E-state index in [9.17, 15) is 14.9 Å². The minimum absolute atomic E-state index is 0.0307. The Balaban J connectivity index is 1.66. The minimum Gasteiger partial charge on any atom is -0.456 e. The van der Waals surface area contributed by atoms with Gasteiger partial charge in [-0.25, -0.2) is 4.79 Å². The minimum atomic E-state index is -0.469. The molecule has 0 amide bonds. The fraction of sp³-hybridized carbons (Fsp3) is 0.438. The Morgan fingerprint density at radius 2 is 2.18 bits per heavy atom. The quantitative estimate of drug-likeness (QED) is 0.362. The number of nitrogens with zero attached hydrogens (tertiary/aromatic N) is 1. The maximum Gasteiger partial charge on any atom is 0.331 e. The molecular formula is C16H17NO5. The summed E-state index contributed by atoms with van der Waals surface area (Å²) < 4.78 is 10.9. The second-order valence-corrected chi connectivity index (χ2v) is 5.70. The number of hydrogen-bond donors (Lipinski definition) is 0. The zero-order valence-corrected chi connectivity index (χ0v) is 12.1. The summed E-state index contributed by atoms with van der Waals surface area (Å²) in [4.78, 5) is 22.4. The molecule has 0 radical (unpaired) electrons. The van der Waals surface area contributed by atoms with Gasteiger partial charge in [-0.1, -0.05) is 12.1 Å². The molecule has 116 valence electrons. The Labute approximate surface area is 127 Å². The molecular weight excluding hydrogens is 286 g/mol. The Bertz CT molecular complexity index is 615. The molecule has 1 aliphatic carbocycles. The summed E-state index contributed by atoms with van der Waals surface area (Å²) >= 11 is 0. The van der Waals surface area contributed by atoms with Crippen LogP contribution in [0.25, 0.3) is 6.08 Å². The normalized spacial score (nSPS) is 22.6. The highest BCUT2D eigenvalue weighted by atomic mass is 16.6. The summed E-state index contributed by atoms with van der Waals surface area (Å²) in [5.74, 6) is -0.182. The number of rotatable bonds is 5. The number of esters is 1. The summed E-state index contributed by atoms with van der Waals surface area (Å²) in [5.41, 5.74) is -0.0176. The largest absolute Gasteiger partial charge is 0.456 e. The Hall–Kier alpha value is -2.21. The monoisotopic (exact) mass is 303 g/mol. The van der Waals surface area contributed by atoms with E-state index in [0.717, 1.165) is 25.9 Å². The fourth-order valence-electron chi connectivity index (χ4n) is 2.85. The molecule has 0 unspecified atom stereocenters. The third-order valence-corrected chi connectivity index (χ3v) is 4.25. The van der Waals surface area contributed by atoms with Crippen LogP contribution in [0.2, 0.25) is 0 Å². The van der Waals surface area contributed by atoms with Crippen LogP contribution in [-0.2, 0) is 14.3 Å². The van der Waals surface area contributed by atoms with Crippen molar-refractivity contribution in [1.82, 2.24) is 0 Å². The van der Waals surface area contributed by atoms with E-state index in [1.54, 1.807) is 18.2 Å². The van der Waals surface area contributed by atoms with Crippen molar-refractivity contribution in [2.75, 3.05) is 13.2 Å². The average molecular weight is 303 g/mol. The molecule has 0 spiro atoms. The van der Waals surface area contributed by atoms with Gasteiger partial charge < -0.3 is 9.47 Å². The molecule has 0 aromatic heterocycles. The predicted molar refractivity (Wildman–Crippen MR) is 79.1 cm³/mol. The smallest absolute Gasteiger partial charge is 0.331 e. The van der Waals surface area contributed by atoms with Crippen molar-refractivity contribution in [3.8, 4) is 0 Å². The highest BCUT2D eigenvalue weighted by Crippen LogP contribution is 2.49. The van der Waals surface area contributed by atoms with Gasteiger partial charge in [0.1, 0.15) is 5.60 Å². The van der Waals surface area contributed by atoms with E-state index in [2.05, 4.69) is 0 Å². The average Bonchev–Trinajstić information content (AvgIpc) is 3.07. The summed E-state index contributed by atoms with van der Waals surface area (Å²) in [6.07, 6.45) is 5.35. The number of benzene rings is 1. The van der Waals surface area contributed by atoms with Crippen molar-refractivity contribution in [2.45, 2.75) is 24.9 Å². The number of carbonyl (C=O) groups is 1.